The molecule has 1 aromatic heterocycles. The van der Waals surface area contributed by atoms with Gasteiger partial charge in [-0.2, -0.15) is 5.10 Å². The average Bonchev–Trinajstić information content (AvgIpc) is 3.14. The van der Waals surface area contributed by atoms with Crippen molar-refractivity contribution in [2.24, 2.45) is 11.1 Å². The number of amides is 1. The molecule has 1 heterocycles. The van der Waals surface area contributed by atoms with Crippen molar-refractivity contribution in [2.75, 3.05) is 13.7 Å². The maximum absolute atomic E-state index is 12.7. The van der Waals surface area contributed by atoms with E-state index >= 15 is 0 Å². The normalized spacial score (nSPS) is 22.7. The second-order valence-electron chi connectivity index (χ2n) is 7.47. The summed E-state index contributed by atoms with van der Waals surface area (Å²) in [6, 6.07) is 9.48. The van der Waals surface area contributed by atoms with Crippen LogP contribution in [0.5, 0.6) is 5.75 Å². The molecule has 2 unspecified atom stereocenters. The number of nitrogens with zero attached hydrogens (tertiary/aromatic N) is 2. The minimum Gasteiger partial charge on any atom is -0.497 e. The number of ether oxygens (including phenoxy) is 2. The smallest absolute Gasteiger partial charge is 0.241 e. The van der Waals surface area contributed by atoms with Crippen molar-refractivity contribution in [3.05, 3.63) is 42.2 Å². The van der Waals surface area contributed by atoms with E-state index in [-0.39, 0.29) is 24.4 Å². The van der Waals surface area contributed by atoms with Crippen LogP contribution >= 0.6 is 12.4 Å². The maximum atomic E-state index is 12.7. The van der Waals surface area contributed by atoms with Gasteiger partial charge in [-0.05, 0) is 37.3 Å². The van der Waals surface area contributed by atoms with Crippen LogP contribution in [-0.4, -0.2) is 41.0 Å². The van der Waals surface area contributed by atoms with E-state index in [0.717, 1.165) is 17.1 Å². The van der Waals surface area contributed by atoms with Gasteiger partial charge in [-0.3, -0.25) is 4.79 Å². The van der Waals surface area contributed by atoms with Crippen molar-refractivity contribution in [1.29, 1.82) is 0 Å². The summed E-state index contributed by atoms with van der Waals surface area (Å²) < 4.78 is 12.6. The Balaban J connectivity index is 0.00000280. The summed E-state index contributed by atoms with van der Waals surface area (Å²) in [6.45, 7) is 6.86. The number of benzene rings is 1. The first-order valence-electron chi connectivity index (χ1n) is 9.19. The lowest BCUT2D eigenvalue weighted by atomic mass is 9.54. The van der Waals surface area contributed by atoms with Crippen molar-refractivity contribution < 1.29 is 14.3 Å². The number of carbonyl (C=O) groups excluding carboxylic acids is 1. The van der Waals surface area contributed by atoms with Gasteiger partial charge in [-0.15, -0.1) is 12.4 Å². The first-order valence-corrected chi connectivity index (χ1v) is 9.19. The molecule has 1 aliphatic carbocycles. The number of hydrogen-bond donors (Lipinski definition) is 2. The molecule has 2 atom stereocenters. The minimum absolute atomic E-state index is 0. The standard InChI is InChI=1S/C20H28N4O3.ClH/c1-5-27-17-12-20(21,19(17,2)3)18(25)22-13-14-10-11-24(23-14)15-6-8-16(26-4)9-7-15;/h6-11,17H,5,12-13,21H2,1-4H3,(H,22,25);1H. The summed E-state index contributed by atoms with van der Waals surface area (Å²) in [7, 11) is 1.63. The number of nitrogens with two attached hydrogens (primary N) is 1. The van der Waals surface area contributed by atoms with Gasteiger partial charge in [0.1, 0.15) is 11.3 Å². The lowest BCUT2D eigenvalue weighted by Gasteiger charge is -2.57. The summed E-state index contributed by atoms with van der Waals surface area (Å²) in [6.07, 6.45) is 2.40. The van der Waals surface area contributed by atoms with Gasteiger partial charge in [0.25, 0.3) is 0 Å². The first-order chi connectivity index (χ1) is 12.8. The van der Waals surface area contributed by atoms with Crippen LogP contribution in [0, 0.1) is 5.41 Å². The zero-order chi connectivity index (χ0) is 19.7. The minimum atomic E-state index is -0.925. The molecule has 1 saturated carbocycles. The Morgan fingerprint density at radius 3 is 2.57 bits per heavy atom. The van der Waals surface area contributed by atoms with Gasteiger partial charge < -0.3 is 20.5 Å². The van der Waals surface area contributed by atoms with Crippen molar-refractivity contribution in [3.63, 3.8) is 0 Å². The Morgan fingerprint density at radius 2 is 2.00 bits per heavy atom. The van der Waals surface area contributed by atoms with E-state index in [4.69, 9.17) is 15.2 Å². The molecular formula is C20H29ClN4O3. The molecule has 0 spiro atoms. The Hall–Kier alpha value is -2.09. The van der Waals surface area contributed by atoms with Crippen LogP contribution in [0.25, 0.3) is 5.69 Å². The molecule has 3 N–H and O–H groups in total. The highest BCUT2D eigenvalue weighted by Gasteiger charge is 2.62. The van der Waals surface area contributed by atoms with Crippen molar-refractivity contribution >= 4 is 18.3 Å². The average molecular weight is 409 g/mol. The third-order valence-electron chi connectivity index (χ3n) is 5.65. The van der Waals surface area contributed by atoms with Crippen LogP contribution in [0.2, 0.25) is 0 Å². The fraction of sp³-hybridized carbons (Fsp3) is 0.500. The molecule has 8 heteroatoms. The molecule has 2 aromatic rings. The number of halogens is 1. The Kier molecular flexibility index (Phi) is 6.75. The third kappa shape index (κ3) is 3.87. The summed E-state index contributed by atoms with van der Waals surface area (Å²) in [5.74, 6) is 0.627. The highest BCUT2D eigenvalue weighted by molar-refractivity contribution is 5.88. The van der Waals surface area contributed by atoms with Crippen LogP contribution < -0.4 is 15.8 Å². The summed E-state index contributed by atoms with van der Waals surface area (Å²) in [5.41, 5.74) is 6.76. The van der Waals surface area contributed by atoms with Gasteiger partial charge >= 0.3 is 0 Å². The highest BCUT2D eigenvalue weighted by atomic mass is 35.5. The number of nitrogens with one attached hydrogen (secondary N) is 1. The summed E-state index contributed by atoms with van der Waals surface area (Å²) in [5, 5.41) is 7.44. The number of rotatable bonds is 7. The third-order valence-corrected chi connectivity index (χ3v) is 5.65. The molecule has 1 amide bonds. The molecular weight excluding hydrogens is 380 g/mol. The molecule has 1 aromatic carbocycles. The van der Waals surface area contributed by atoms with E-state index in [2.05, 4.69) is 10.4 Å². The van der Waals surface area contributed by atoms with Gasteiger partial charge in [-0.25, -0.2) is 4.68 Å². The predicted molar refractivity (Wildman–Crippen MR) is 110 cm³/mol. The van der Waals surface area contributed by atoms with Crippen LogP contribution in [0.15, 0.2) is 36.5 Å². The molecule has 0 aliphatic heterocycles. The van der Waals surface area contributed by atoms with Gasteiger partial charge in [0.15, 0.2) is 0 Å². The Morgan fingerprint density at radius 1 is 1.32 bits per heavy atom. The lowest BCUT2D eigenvalue weighted by Crippen LogP contribution is -2.75. The van der Waals surface area contributed by atoms with Crippen molar-refractivity contribution in [3.8, 4) is 11.4 Å². The number of aromatic nitrogens is 2. The quantitative estimate of drug-likeness (QED) is 0.734. The zero-order valence-corrected chi connectivity index (χ0v) is 17.6. The molecule has 1 fully saturated rings. The van der Waals surface area contributed by atoms with E-state index < -0.39 is 11.0 Å². The van der Waals surface area contributed by atoms with Crippen molar-refractivity contribution in [1.82, 2.24) is 15.1 Å². The SMILES string of the molecule is CCOC1CC(N)(C(=O)NCc2ccn(-c3ccc(OC)cc3)n2)C1(C)C.Cl. The fourth-order valence-corrected chi connectivity index (χ4v) is 3.48. The number of carbonyl (C=O) groups is 1. The van der Waals surface area contributed by atoms with Crippen molar-refractivity contribution in [2.45, 2.75) is 45.4 Å². The largest absolute Gasteiger partial charge is 0.497 e. The van der Waals surface area contributed by atoms with E-state index in [1.807, 2.05) is 57.3 Å². The van der Waals surface area contributed by atoms with Gasteiger partial charge in [-0.1, -0.05) is 13.8 Å². The molecule has 0 radical (unpaired) electrons. The van der Waals surface area contributed by atoms with Crippen LogP contribution in [0.3, 0.4) is 0 Å². The topological polar surface area (TPSA) is 91.4 Å². The second-order valence-corrected chi connectivity index (χ2v) is 7.47. The molecule has 0 saturated heterocycles. The second kappa shape index (κ2) is 8.51. The zero-order valence-electron chi connectivity index (χ0n) is 16.8. The summed E-state index contributed by atoms with van der Waals surface area (Å²) in [4.78, 5) is 12.7. The predicted octanol–water partition coefficient (Wildman–Crippen LogP) is 2.45. The fourth-order valence-electron chi connectivity index (χ4n) is 3.48. The summed E-state index contributed by atoms with van der Waals surface area (Å²) >= 11 is 0. The lowest BCUT2D eigenvalue weighted by molar-refractivity contribution is -0.170. The number of methoxy groups -OCH3 is 1. The van der Waals surface area contributed by atoms with Gasteiger partial charge in [0.05, 0.1) is 31.1 Å². The maximum Gasteiger partial charge on any atom is 0.241 e. The monoisotopic (exact) mass is 408 g/mol. The molecule has 3 rings (SSSR count). The molecule has 154 valence electrons. The van der Waals surface area contributed by atoms with Crippen LogP contribution in [0.4, 0.5) is 0 Å². The van der Waals surface area contributed by atoms with Crippen LogP contribution in [0.1, 0.15) is 32.9 Å². The highest BCUT2D eigenvalue weighted by Crippen LogP contribution is 2.49. The van der Waals surface area contributed by atoms with E-state index in [0.29, 0.717) is 19.6 Å². The van der Waals surface area contributed by atoms with E-state index in [9.17, 15) is 4.79 Å². The van der Waals surface area contributed by atoms with Crippen LogP contribution in [-0.2, 0) is 16.1 Å². The number of hydrogen-bond acceptors (Lipinski definition) is 5. The van der Waals surface area contributed by atoms with Gasteiger partial charge in [0.2, 0.25) is 5.91 Å². The molecule has 28 heavy (non-hydrogen) atoms. The van der Waals surface area contributed by atoms with E-state index in [1.165, 1.54) is 0 Å². The molecule has 7 nitrogen and oxygen atoms in total. The molecule has 0 bridgehead atoms. The Labute approximate surface area is 172 Å². The van der Waals surface area contributed by atoms with Gasteiger partial charge in [0, 0.05) is 24.6 Å². The Bertz CT molecular complexity index is 806. The molecule has 1 aliphatic rings. The van der Waals surface area contributed by atoms with E-state index in [1.54, 1.807) is 11.8 Å². The first kappa shape index (κ1) is 22.2.